The third-order valence-corrected chi connectivity index (χ3v) is 5.10. The lowest BCUT2D eigenvalue weighted by atomic mass is 10.2. The summed E-state index contributed by atoms with van der Waals surface area (Å²) in [6.45, 7) is 5.20. The van der Waals surface area contributed by atoms with Crippen LogP contribution < -0.4 is 0 Å². The van der Waals surface area contributed by atoms with Crippen molar-refractivity contribution >= 4 is 33.6 Å². The van der Waals surface area contributed by atoms with Gasteiger partial charge in [-0.15, -0.1) is 10.2 Å². The third-order valence-electron chi connectivity index (χ3n) is 3.60. The number of amides is 1. The van der Waals surface area contributed by atoms with E-state index in [0.717, 1.165) is 10.0 Å². The standard InChI is InChI=1S/C16H18BrN3O3S/c1-10-7-20(8-11(2)22-10)14(21)9-24-16-19-18-15(23-16)12-5-3-4-6-13(12)17/h3-6,10-11H,7-9H2,1-2H3/t10-,11+. The number of aromatic nitrogens is 2. The summed E-state index contributed by atoms with van der Waals surface area (Å²) in [6.07, 6.45) is 0.126. The van der Waals surface area contributed by atoms with Gasteiger partial charge in [-0.2, -0.15) is 0 Å². The van der Waals surface area contributed by atoms with Crippen LogP contribution in [-0.2, 0) is 9.53 Å². The van der Waals surface area contributed by atoms with E-state index in [2.05, 4.69) is 26.1 Å². The number of rotatable bonds is 4. The Morgan fingerprint density at radius 2 is 2.00 bits per heavy atom. The molecule has 1 aromatic carbocycles. The number of halogens is 1. The van der Waals surface area contributed by atoms with Crippen molar-refractivity contribution in [2.75, 3.05) is 18.8 Å². The van der Waals surface area contributed by atoms with E-state index in [1.807, 2.05) is 43.0 Å². The fourth-order valence-electron chi connectivity index (χ4n) is 2.61. The lowest BCUT2D eigenvalue weighted by Gasteiger charge is -2.35. The highest BCUT2D eigenvalue weighted by molar-refractivity contribution is 9.10. The average molecular weight is 412 g/mol. The van der Waals surface area contributed by atoms with Gasteiger partial charge in [0.15, 0.2) is 0 Å². The number of hydrogen-bond donors (Lipinski definition) is 0. The molecule has 3 rings (SSSR count). The van der Waals surface area contributed by atoms with Crippen LogP contribution in [0.4, 0.5) is 0 Å². The molecule has 2 aromatic rings. The van der Waals surface area contributed by atoms with E-state index in [4.69, 9.17) is 9.15 Å². The van der Waals surface area contributed by atoms with Gasteiger partial charge in [-0.25, -0.2) is 0 Å². The van der Waals surface area contributed by atoms with Gasteiger partial charge in [0.05, 0.1) is 23.5 Å². The molecule has 2 atom stereocenters. The molecule has 1 aliphatic rings. The van der Waals surface area contributed by atoms with Gasteiger partial charge in [0.2, 0.25) is 11.8 Å². The molecule has 2 heterocycles. The molecule has 0 N–H and O–H groups in total. The van der Waals surface area contributed by atoms with Crippen LogP contribution in [0.2, 0.25) is 0 Å². The first kappa shape index (κ1) is 17.4. The zero-order chi connectivity index (χ0) is 17.1. The number of morpholine rings is 1. The van der Waals surface area contributed by atoms with Crippen LogP contribution >= 0.6 is 27.7 Å². The molecule has 0 unspecified atom stereocenters. The van der Waals surface area contributed by atoms with Crippen LogP contribution in [0.1, 0.15) is 13.8 Å². The summed E-state index contributed by atoms with van der Waals surface area (Å²) in [5.74, 6) is 0.769. The maximum atomic E-state index is 12.3. The summed E-state index contributed by atoms with van der Waals surface area (Å²) in [4.78, 5) is 14.2. The van der Waals surface area contributed by atoms with E-state index in [-0.39, 0.29) is 23.9 Å². The minimum Gasteiger partial charge on any atom is -0.411 e. The second-order valence-corrected chi connectivity index (χ2v) is 7.48. The first-order valence-electron chi connectivity index (χ1n) is 7.67. The lowest BCUT2D eigenvalue weighted by molar-refractivity contribution is -0.140. The predicted molar refractivity (Wildman–Crippen MR) is 94.7 cm³/mol. The molecule has 1 amide bonds. The number of nitrogens with zero attached hydrogens (tertiary/aromatic N) is 3. The molecule has 0 radical (unpaired) electrons. The number of benzene rings is 1. The Balaban J connectivity index is 1.59. The highest BCUT2D eigenvalue weighted by Gasteiger charge is 2.26. The molecule has 1 fully saturated rings. The van der Waals surface area contributed by atoms with Crippen LogP contribution in [-0.4, -0.2) is 52.1 Å². The van der Waals surface area contributed by atoms with Crippen LogP contribution in [0.25, 0.3) is 11.5 Å². The molecule has 1 saturated heterocycles. The topological polar surface area (TPSA) is 68.5 Å². The minimum absolute atomic E-state index is 0.0580. The fraction of sp³-hybridized carbons (Fsp3) is 0.438. The van der Waals surface area contributed by atoms with Crippen molar-refractivity contribution in [2.45, 2.75) is 31.3 Å². The van der Waals surface area contributed by atoms with E-state index < -0.39 is 0 Å². The third kappa shape index (κ3) is 4.17. The van der Waals surface area contributed by atoms with Gasteiger partial charge in [-0.3, -0.25) is 4.79 Å². The Hall–Kier alpha value is -1.38. The van der Waals surface area contributed by atoms with Gasteiger partial charge >= 0.3 is 0 Å². The van der Waals surface area contributed by atoms with Crippen molar-refractivity contribution in [2.24, 2.45) is 0 Å². The van der Waals surface area contributed by atoms with E-state index in [9.17, 15) is 4.79 Å². The first-order valence-corrected chi connectivity index (χ1v) is 9.45. The van der Waals surface area contributed by atoms with Gasteiger partial charge in [-0.1, -0.05) is 23.9 Å². The normalized spacial score (nSPS) is 21.0. The van der Waals surface area contributed by atoms with Crippen molar-refractivity contribution in [3.05, 3.63) is 28.7 Å². The number of thioether (sulfide) groups is 1. The highest BCUT2D eigenvalue weighted by Crippen LogP contribution is 2.29. The predicted octanol–water partition coefficient (Wildman–Crippen LogP) is 3.23. The smallest absolute Gasteiger partial charge is 0.277 e. The van der Waals surface area contributed by atoms with Gasteiger partial charge in [0, 0.05) is 17.6 Å². The average Bonchev–Trinajstić information content (AvgIpc) is 3.01. The van der Waals surface area contributed by atoms with Crippen molar-refractivity contribution in [3.63, 3.8) is 0 Å². The van der Waals surface area contributed by atoms with Crippen molar-refractivity contribution in [1.82, 2.24) is 15.1 Å². The summed E-state index contributed by atoms with van der Waals surface area (Å²) in [7, 11) is 0. The van der Waals surface area contributed by atoms with Gasteiger partial charge in [-0.05, 0) is 41.9 Å². The van der Waals surface area contributed by atoms with E-state index in [1.54, 1.807) is 0 Å². The van der Waals surface area contributed by atoms with Gasteiger partial charge in [0.1, 0.15) is 0 Å². The monoisotopic (exact) mass is 411 g/mol. The van der Waals surface area contributed by atoms with Crippen LogP contribution in [0.3, 0.4) is 0 Å². The number of carbonyl (C=O) groups excluding carboxylic acids is 1. The molecular weight excluding hydrogens is 394 g/mol. The molecule has 6 nitrogen and oxygen atoms in total. The Morgan fingerprint density at radius 3 is 2.71 bits per heavy atom. The van der Waals surface area contributed by atoms with Crippen LogP contribution in [0, 0.1) is 0 Å². The largest absolute Gasteiger partial charge is 0.411 e. The summed E-state index contributed by atoms with van der Waals surface area (Å²) >= 11 is 4.72. The Kier molecular flexibility index (Phi) is 5.57. The van der Waals surface area contributed by atoms with Crippen molar-refractivity contribution in [3.8, 4) is 11.5 Å². The molecule has 0 aliphatic carbocycles. The van der Waals surface area contributed by atoms with Gasteiger partial charge < -0.3 is 14.1 Å². The van der Waals surface area contributed by atoms with Crippen molar-refractivity contribution in [1.29, 1.82) is 0 Å². The Bertz CT molecular complexity index is 714. The Morgan fingerprint density at radius 1 is 1.29 bits per heavy atom. The van der Waals surface area contributed by atoms with Crippen LogP contribution in [0.15, 0.2) is 38.4 Å². The summed E-state index contributed by atoms with van der Waals surface area (Å²) < 4.78 is 12.2. The Labute approximate surface area is 153 Å². The molecule has 128 valence electrons. The molecule has 24 heavy (non-hydrogen) atoms. The lowest BCUT2D eigenvalue weighted by Crippen LogP contribution is -2.48. The highest BCUT2D eigenvalue weighted by atomic mass is 79.9. The fourth-order valence-corrected chi connectivity index (χ4v) is 3.73. The zero-order valence-corrected chi connectivity index (χ0v) is 15.8. The number of carbonyl (C=O) groups is 1. The molecule has 8 heteroatoms. The van der Waals surface area contributed by atoms with Crippen molar-refractivity contribution < 1.29 is 13.9 Å². The molecule has 1 aliphatic heterocycles. The quantitative estimate of drug-likeness (QED) is 0.719. The summed E-state index contributed by atoms with van der Waals surface area (Å²) in [5.41, 5.74) is 0.832. The van der Waals surface area contributed by atoms with E-state index in [1.165, 1.54) is 11.8 Å². The summed E-state index contributed by atoms with van der Waals surface area (Å²) in [5, 5.41) is 8.45. The molecule has 0 saturated carbocycles. The molecule has 0 bridgehead atoms. The summed E-state index contributed by atoms with van der Waals surface area (Å²) in [6, 6.07) is 7.63. The van der Waals surface area contributed by atoms with E-state index >= 15 is 0 Å². The first-order chi connectivity index (χ1) is 11.5. The van der Waals surface area contributed by atoms with Gasteiger partial charge in [0.25, 0.3) is 5.22 Å². The van der Waals surface area contributed by atoms with E-state index in [0.29, 0.717) is 24.2 Å². The second kappa shape index (κ2) is 7.67. The maximum absolute atomic E-state index is 12.3. The zero-order valence-electron chi connectivity index (χ0n) is 13.4. The molecular formula is C16H18BrN3O3S. The van der Waals surface area contributed by atoms with Crippen LogP contribution in [0.5, 0.6) is 0 Å². The molecule has 1 aromatic heterocycles. The SMILES string of the molecule is C[C@@H]1CN(C(=O)CSc2nnc(-c3ccccc3Br)o2)C[C@H](C)O1. The second-order valence-electron chi connectivity index (χ2n) is 5.70. The number of ether oxygens (including phenoxy) is 1. The number of hydrogen-bond acceptors (Lipinski definition) is 6. The minimum atomic E-state index is 0.0580. The maximum Gasteiger partial charge on any atom is 0.277 e. The molecule has 0 spiro atoms.